The maximum Gasteiger partial charge on any atom is 0.314 e. The number of nitrogens with zero attached hydrogens (tertiary/aromatic N) is 1. The van der Waals surface area contributed by atoms with E-state index >= 15 is 0 Å². The normalized spacial score (nSPS) is 31.5. The minimum Gasteiger partial charge on any atom is -0.462 e. The van der Waals surface area contributed by atoms with E-state index in [-0.39, 0.29) is 36.6 Å². The zero-order chi connectivity index (χ0) is 15.7. The fourth-order valence-corrected chi connectivity index (χ4v) is 3.17. The second kappa shape index (κ2) is 6.06. The average molecular weight is 305 g/mol. The van der Waals surface area contributed by atoms with Gasteiger partial charge >= 0.3 is 11.9 Å². The Bertz CT molecular complexity index is 561. The summed E-state index contributed by atoms with van der Waals surface area (Å²) in [5.74, 6) is -1.04. The van der Waals surface area contributed by atoms with E-state index in [9.17, 15) is 9.59 Å². The van der Waals surface area contributed by atoms with Gasteiger partial charge in [-0.05, 0) is 5.56 Å². The minimum absolute atomic E-state index is 0.0768. The summed E-state index contributed by atoms with van der Waals surface area (Å²) in [6.45, 7) is 1.41. The van der Waals surface area contributed by atoms with Gasteiger partial charge in [0.2, 0.25) is 0 Å². The van der Waals surface area contributed by atoms with E-state index in [0.717, 1.165) is 5.56 Å². The van der Waals surface area contributed by atoms with Crippen LogP contribution in [0.2, 0.25) is 0 Å². The van der Waals surface area contributed by atoms with Gasteiger partial charge in [0.1, 0.15) is 18.6 Å². The van der Waals surface area contributed by atoms with Crippen LogP contribution >= 0.6 is 0 Å². The van der Waals surface area contributed by atoms with E-state index in [1.807, 2.05) is 37.4 Å². The van der Waals surface area contributed by atoms with Crippen molar-refractivity contribution in [1.29, 1.82) is 0 Å². The summed E-state index contributed by atoms with van der Waals surface area (Å²) in [4.78, 5) is 29.1. The standard InChI is InChI=1S/C16H19NO5/c1-10(18)20-9-12-8-13-14(16(19)21-12)15(17(2)22-13)11-6-4-3-5-7-11/h3-7,12-15H,8-9H2,1-2H3/t12-,13+,14-,15+/m0/s1. The monoisotopic (exact) mass is 305 g/mol. The van der Waals surface area contributed by atoms with Crippen molar-refractivity contribution < 1.29 is 23.9 Å². The highest BCUT2D eigenvalue weighted by Crippen LogP contribution is 2.43. The van der Waals surface area contributed by atoms with Gasteiger partial charge in [-0.15, -0.1) is 0 Å². The van der Waals surface area contributed by atoms with Gasteiger partial charge in [0.15, 0.2) is 0 Å². The first-order chi connectivity index (χ1) is 10.6. The van der Waals surface area contributed by atoms with Crippen LogP contribution in [0.1, 0.15) is 24.9 Å². The van der Waals surface area contributed by atoms with Gasteiger partial charge in [0.25, 0.3) is 0 Å². The van der Waals surface area contributed by atoms with Crippen LogP contribution in [0, 0.1) is 5.92 Å². The highest BCUT2D eigenvalue weighted by molar-refractivity contribution is 5.76. The number of benzene rings is 1. The first kappa shape index (κ1) is 15.0. The fraction of sp³-hybridized carbons (Fsp3) is 0.500. The van der Waals surface area contributed by atoms with Crippen molar-refractivity contribution in [2.45, 2.75) is 31.6 Å². The molecule has 0 unspecified atom stereocenters. The number of hydrogen-bond acceptors (Lipinski definition) is 6. The molecule has 0 radical (unpaired) electrons. The van der Waals surface area contributed by atoms with Crippen molar-refractivity contribution in [3.05, 3.63) is 35.9 Å². The fourth-order valence-electron chi connectivity index (χ4n) is 3.17. The van der Waals surface area contributed by atoms with E-state index in [0.29, 0.717) is 6.42 Å². The van der Waals surface area contributed by atoms with Crippen LogP contribution in [-0.2, 0) is 23.9 Å². The number of hydroxylamine groups is 2. The Morgan fingerprint density at radius 1 is 1.36 bits per heavy atom. The van der Waals surface area contributed by atoms with Gasteiger partial charge in [-0.1, -0.05) is 30.3 Å². The summed E-state index contributed by atoms with van der Waals surface area (Å²) in [5.41, 5.74) is 1.02. The number of carbonyl (C=O) groups is 2. The summed E-state index contributed by atoms with van der Waals surface area (Å²) < 4.78 is 10.4. The Morgan fingerprint density at radius 3 is 2.77 bits per heavy atom. The molecule has 2 heterocycles. The molecule has 0 spiro atoms. The molecule has 2 fully saturated rings. The number of hydrogen-bond donors (Lipinski definition) is 0. The summed E-state index contributed by atoms with van der Waals surface area (Å²) in [6.07, 6.45) is -0.172. The molecule has 0 aliphatic carbocycles. The van der Waals surface area contributed by atoms with Crippen molar-refractivity contribution in [2.75, 3.05) is 13.7 Å². The summed E-state index contributed by atoms with van der Waals surface area (Å²) in [7, 11) is 1.82. The molecule has 1 aromatic rings. The lowest BCUT2D eigenvalue weighted by Gasteiger charge is -2.30. The van der Waals surface area contributed by atoms with Crippen molar-refractivity contribution in [1.82, 2.24) is 5.06 Å². The van der Waals surface area contributed by atoms with Crippen molar-refractivity contribution >= 4 is 11.9 Å². The van der Waals surface area contributed by atoms with Gasteiger partial charge in [0.05, 0.1) is 12.1 Å². The molecule has 0 bridgehead atoms. The Morgan fingerprint density at radius 2 is 2.09 bits per heavy atom. The molecule has 2 aliphatic rings. The Hall–Kier alpha value is -1.92. The second-order valence-corrected chi connectivity index (χ2v) is 5.67. The highest BCUT2D eigenvalue weighted by Gasteiger charge is 2.51. The van der Waals surface area contributed by atoms with Crippen LogP contribution in [0.3, 0.4) is 0 Å². The molecule has 118 valence electrons. The molecule has 22 heavy (non-hydrogen) atoms. The van der Waals surface area contributed by atoms with Gasteiger partial charge in [-0.2, -0.15) is 5.06 Å². The Kier molecular flexibility index (Phi) is 4.13. The lowest BCUT2D eigenvalue weighted by atomic mass is 9.85. The second-order valence-electron chi connectivity index (χ2n) is 5.67. The first-order valence-corrected chi connectivity index (χ1v) is 7.34. The topological polar surface area (TPSA) is 65.1 Å². The average Bonchev–Trinajstić information content (AvgIpc) is 2.82. The van der Waals surface area contributed by atoms with Crippen molar-refractivity contribution in [2.24, 2.45) is 5.92 Å². The molecule has 0 amide bonds. The van der Waals surface area contributed by atoms with Crippen molar-refractivity contribution in [3.63, 3.8) is 0 Å². The zero-order valence-corrected chi connectivity index (χ0v) is 12.6. The molecule has 4 atom stereocenters. The molecule has 0 aromatic heterocycles. The number of ether oxygens (including phenoxy) is 2. The molecule has 3 rings (SSSR count). The minimum atomic E-state index is -0.444. The van der Waals surface area contributed by atoms with Gasteiger partial charge in [-0.3, -0.25) is 14.4 Å². The van der Waals surface area contributed by atoms with Crippen LogP contribution in [-0.4, -0.2) is 42.9 Å². The third kappa shape index (κ3) is 2.84. The quantitative estimate of drug-likeness (QED) is 0.788. The number of cyclic esters (lactones) is 1. The van der Waals surface area contributed by atoms with E-state index in [4.69, 9.17) is 14.3 Å². The Labute approximate surface area is 128 Å². The summed E-state index contributed by atoms with van der Waals surface area (Å²) in [6, 6.07) is 9.61. The molecule has 0 saturated carbocycles. The van der Waals surface area contributed by atoms with Crippen LogP contribution in [0.25, 0.3) is 0 Å². The molecule has 2 saturated heterocycles. The number of esters is 2. The number of rotatable bonds is 3. The first-order valence-electron chi connectivity index (χ1n) is 7.34. The van der Waals surface area contributed by atoms with Gasteiger partial charge in [0, 0.05) is 20.4 Å². The van der Waals surface area contributed by atoms with Gasteiger partial charge in [-0.25, -0.2) is 0 Å². The summed E-state index contributed by atoms with van der Waals surface area (Å²) in [5, 5.41) is 1.72. The molecule has 0 N–H and O–H groups in total. The largest absolute Gasteiger partial charge is 0.462 e. The SMILES string of the molecule is CC(=O)OC[C@@H]1C[C@H]2ON(C)[C@H](c3ccccc3)[C@H]2C(=O)O1. The summed E-state index contributed by atoms with van der Waals surface area (Å²) >= 11 is 0. The van der Waals surface area contributed by atoms with Crippen LogP contribution in [0.15, 0.2) is 30.3 Å². The highest BCUT2D eigenvalue weighted by atomic mass is 16.7. The molecule has 6 nitrogen and oxygen atoms in total. The van der Waals surface area contributed by atoms with E-state index in [1.54, 1.807) is 5.06 Å². The molecule has 1 aromatic carbocycles. The lowest BCUT2D eigenvalue weighted by molar-refractivity contribution is -0.184. The van der Waals surface area contributed by atoms with Crippen LogP contribution in [0.5, 0.6) is 0 Å². The number of carbonyl (C=O) groups excluding carboxylic acids is 2. The zero-order valence-electron chi connectivity index (χ0n) is 12.6. The third-order valence-electron chi connectivity index (χ3n) is 4.10. The molecular formula is C16H19NO5. The molecule has 6 heteroatoms. The lowest BCUT2D eigenvalue weighted by Crippen LogP contribution is -2.42. The smallest absolute Gasteiger partial charge is 0.314 e. The maximum atomic E-state index is 12.4. The molecule has 2 aliphatic heterocycles. The van der Waals surface area contributed by atoms with E-state index in [1.165, 1.54) is 6.92 Å². The Balaban J connectivity index is 1.75. The van der Waals surface area contributed by atoms with Gasteiger partial charge < -0.3 is 9.47 Å². The van der Waals surface area contributed by atoms with E-state index < -0.39 is 6.10 Å². The predicted molar refractivity (Wildman–Crippen MR) is 76.4 cm³/mol. The predicted octanol–water partition coefficient (Wildman–Crippen LogP) is 1.47. The maximum absolute atomic E-state index is 12.4. The van der Waals surface area contributed by atoms with E-state index in [2.05, 4.69) is 0 Å². The van der Waals surface area contributed by atoms with Crippen molar-refractivity contribution in [3.8, 4) is 0 Å². The molecular weight excluding hydrogens is 286 g/mol. The number of fused-ring (bicyclic) bond motifs is 1. The van der Waals surface area contributed by atoms with Crippen LogP contribution in [0.4, 0.5) is 0 Å². The van der Waals surface area contributed by atoms with Crippen LogP contribution < -0.4 is 0 Å². The third-order valence-corrected chi connectivity index (χ3v) is 4.10.